The number of carboxylic acid groups (broad SMARTS) is 1. The van der Waals surface area contributed by atoms with Crippen molar-refractivity contribution in [3.05, 3.63) is 34.3 Å². The normalized spacial score (nSPS) is 28.9. The first-order valence-corrected chi connectivity index (χ1v) is 7.30. The Morgan fingerprint density at radius 2 is 2.10 bits per heavy atom. The van der Waals surface area contributed by atoms with Gasteiger partial charge in [-0.2, -0.15) is 0 Å². The number of benzene rings is 1. The van der Waals surface area contributed by atoms with Crippen LogP contribution in [-0.2, 0) is 4.79 Å². The van der Waals surface area contributed by atoms with Gasteiger partial charge in [0, 0.05) is 24.1 Å². The first kappa shape index (κ1) is 13.4. The van der Waals surface area contributed by atoms with Crippen LogP contribution >= 0.6 is 15.9 Å². The molecule has 1 heterocycles. The number of amides is 2. The predicted molar refractivity (Wildman–Crippen MR) is 76.3 cm³/mol. The highest BCUT2D eigenvalue weighted by atomic mass is 79.9. The van der Waals surface area contributed by atoms with Crippen molar-refractivity contribution in [3.8, 4) is 0 Å². The molecule has 2 amide bonds. The lowest BCUT2D eigenvalue weighted by molar-refractivity contribution is -0.138. The van der Waals surface area contributed by atoms with E-state index in [1.165, 1.54) is 0 Å². The third kappa shape index (κ3) is 2.08. The molecule has 6 heteroatoms. The van der Waals surface area contributed by atoms with E-state index in [4.69, 9.17) is 5.11 Å². The van der Waals surface area contributed by atoms with E-state index >= 15 is 0 Å². The van der Waals surface area contributed by atoms with Gasteiger partial charge in [-0.25, -0.2) is 4.79 Å². The second-order valence-corrected chi connectivity index (χ2v) is 6.19. The van der Waals surface area contributed by atoms with Crippen LogP contribution in [0, 0.1) is 5.92 Å². The van der Waals surface area contributed by atoms with Crippen molar-refractivity contribution in [2.24, 2.45) is 5.92 Å². The largest absolute Gasteiger partial charge is 0.481 e. The summed E-state index contributed by atoms with van der Waals surface area (Å²) in [5.74, 6) is -1.21. The standard InChI is InChI=1S/C14H15BrN2O3/c1-16-12(8-4-2-3-5-10(8)15)7-17(14(16)20)11-6-9(11)13(18)19/h2-5,9,11-12H,6-7H2,1H3,(H,18,19). The smallest absolute Gasteiger partial charge is 0.320 e. The van der Waals surface area contributed by atoms with Crippen LogP contribution < -0.4 is 0 Å². The Bertz CT molecular complexity index is 577. The summed E-state index contributed by atoms with van der Waals surface area (Å²) < 4.78 is 0.970. The fourth-order valence-electron chi connectivity index (χ4n) is 2.84. The van der Waals surface area contributed by atoms with Gasteiger partial charge >= 0.3 is 12.0 Å². The van der Waals surface area contributed by atoms with Crippen molar-refractivity contribution in [3.63, 3.8) is 0 Å². The summed E-state index contributed by atoms with van der Waals surface area (Å²) >= 11 is 3.51. The molecule has 2 aliphatic rings. The highest BCUT2D eigenvalue weighted by molar-refractivity contribution is 9.10. The van der Waals surface area contributed by atoms with Crippen LogP contribution in [0.2, 0.25) is 0 Å². The second-order valence-electron chi connectivity index (χ2n) is 5.33. The fraction of sp³-hybridized carbons (Fsp3) is 0.429. The predicted octanol–water partition coefficient (Wildman–Crippen LogP) is 2.33. The van der Waals surface area contributed by atoms with Crippen molar-refractivity contribution in [1.29, 1.82) is 0 Å². The molecular formula is C14H15BrN2O3. The molecule has 3 unspecified atom stereocenters. The summed E-state index contributed by atoms with van der Waals surface area (Å²) in [6.07, 6.45) is 0.567. The van der Waals surface area contributed by atoms with Gasteiger partial charge in [0.05, 0.1) is 12.0 Å². The van der Waals surface area contributed by atoms with Crippen molar-refractivity contribution < 1.29 is 14.7 Å². The van der Waals surface area contributed by atoms with E-state index in [1.54, 1.807) is 16.8 Å². The van der Waals surface area contributed by atoms with E-state index in [9.17, 15) is 9.59 Å². The quantitative estimate of drug-likeness (QED) is 0.920. The maximum absolute atomic E-state index is 12.3. The molecule has 106 valence electrons. The number of nitrogens with zero attached hydrogens (tertiary/aromatic N) is 2. The maximum atomic E-state index is 12.3. The molecule has 2 fully saturated rings. The maximum Gasteiger partial charge on any atom is 0.320 e. The van der Waals surface area contributed by atoms with E-state index in [1.807, 2.05) is 24.3 Å². The van der Waals surface area contributed by atoms with E-state index in [0.29, 0.717) is 13.0 Å². The number of urea groups is 1. The molecule has 1 N–H and O–H groups in total. The zero-order valence-corrected chi connectivity index (χ0v) is 12.6. The van der Waals surface area contributed by atoms with Gasteiger partial charge < -0.3 is 14.9 Å². The number of hydrogen-bond donors (Lipinski definition) is 1. The summed E-state index contributed by atoms with van der Waals surface area (Å²) in [5.41, 5.74) is 1.05. The lowest BCUT2D eigenvalue weighted by Crippen LogP contribution is -2.33. The number of carbonyl (C=O) groups excluding carboxylic acids is 1. The first-order chi connectivity index (χ1) is 9.50. The zero-order chi connectivity index (χ0) is 14.4. The first-order valence-electron chi connectivity index (χ1n) is 6.51. The molecule has 0 aromatic heterocycles. The molecule has 1 saturated carbocycles. The average molecular weight is 339 g/mol. The van der Waals surface area contributed by atoms with E-state index < -0.39 is 11.9 Å². The molecule has 1 aromatic rings. The zero-order valence-electron chi connectivity index (χ0n) is 11.0. The number of likely N-dealkylation sites (N-methyl/N-ethyl adjacent to an activating group) is 1. The van der Waals surface area contributed by atoms with Crippen LogP contribution in [0.4, 0.5) is 4.79 Å². The molecule has 0 radical (unpaired) electrons. The molecule has 1 saturated heterocycles. The Balaban J connectivity index is 1.81. The Morgan fingerprint density at radius 3 is 2.70 bits per heavy atom. The van der Waals surface area contributed by atoms with Crippen molar-refractivity contribution in [1.82, 2.24) is 9.80 Å². The van der Waals surface area contributed by atoms with E-state index in [0.717, 1.165) is 10.0 Å². The van der Waals surface area contributed by atoms with Crippen LogP contribution in [0.15, 0.2) is 28.7 Å². The summed E-state index contributed by atoms with van der Waals surface area (Å²) in [7, 11) is 1.77. The average Bonchev–Trinajstić information content (AvgIpc) is 3.15. The SMILES string of the molecule is CN1C(=O)N(C2CC2C(=O)O)CC1c1ccccc1Br. The Hall–Kier alpha value is -1.56. The highest BCUT2D eigenvalue weighted by Crippen LogP contribution is 2.42. The van der Waals surface area contributed by atoms with Crippen LogP contribution in [-0.4, -0.2) is 46.5 Å². The molecular weight excluding hydrogens is 324 g/mol. The minimum atomic E-state index is -0.810. The molecule has 1 aromatic carbocycles. The van der Waals surface area contributed by atoms with Gasteiger partial charge in [-0.1, -0.05) is 34.1 Å². The van der Waals surface area contributed by atoms with Gasteiger partial charge in [-0.3, -0.25) is 4.79 Å². The molecule has 1 aliphatic carbocycles. The topological polar surface area (TPSA) is 60.9 Å². The number of carbonyl (C=O) groups is 2. The number of carboxylic acids is 1. The summed E-state index contributed by atoms with van der Waals surface area (Å²) in [6, 6.07) is 7.56. The van der Waals surface area contributed by atoms with Gasteiger partial charge in [0.25, 0.3) is 0 Å². The van der Waals surface area contributed by atoms with Crippen molar-refractivity contribution >= 4 is 27.9 Å². The van der Waals surface area contributed by atoms with Gasteiger partial charge in [0.15, 0.2) is 0 Å². The van der Waals surface area contributed by atoms with E-state index in [2.05, 4.69) is 15.9 Å². The van der Waals surface area contributed by atoms with Crippen LogP contribution in [0.25, 0.3) is 0 Å². The van der Waals surface area contributed by atoms with Gasteiger partial charge in [0.1, 0.15) is 0 Å². The third-order valence-electron chi connectivity index (χ3n) is 4.12. The molecule has 1 aliphatic heterocycles. The van der Waals surface area contributed by atoms with Crippen LogP contribution in [0.5, 0.6) is 0 Å². The minimum Gasteiger partial charge on any atom is -0.481 e. The van der Waals surface area contributed by atoms with Gasteiger partial charge in [-0.05, 0) is 18.1 Å². The lowest BCUT2D eigenvalue weighted by atomic mass is 10.1. The number of halogens is 1. The van der Waals surface area contributed by atoms with Crippen LogP contribution in [0.1, 0.15) is 18.0 Å². The Labute approximate surface area is 125 Å². The molecule has 0 bridgehead atoms. The lowest BCUT2D eigenvalue weighted by Gasteiger charge is -2.19. The molecule has 20 heavy (non-hydrogen) atoms. The summed E-state index contributed by atoms with van der Waals surface area (Å²) in [5, 5.41) is 9.00. The van der Waals surface area contributed by atoms with Crippen molar-refractivity contribution in [2.45, 2.75) is 18.5 Å². The second kappa shape index (κ2) is 4.77. The van der Waals surface area contributed by atoms with E-state index in [-0.39, 0.29) is 18.1 Å². The van der Waals surface area contributed by atoms with Gasteiger partial charge in [-0.15, -0.1) is 0 Å². The number of rotatable bonds is 3. The molecule has 3 rings (SSSR count). The fourth-order valence-corrected chi connectivity index (χ4v) is 3.39. The number of hydrogen-bond acceptors (Lipinski definition) is 2. The molecule has 3 atom stereocenters. The summed E-state index contributed by atoms with van der Waals surface area (Å²) in [4.78, 5) is 26.6. The number of aliphatic carboxylic acids is 1. The highest BCUT2D eigenvalue weighted by Gasteiger charge is 2.52. The molecule has 5 nitrogen and oxygen atoms in total. The minimum absolute atomic E-state index is 0.0341. The third-order valence-corrected chi connectivity index (χ3v) is 4.85. The van der Waals surface area contributed by atoms with Crippen molar-refractivity contribution in [2.75, 3.05) is 13.6 Å². The van der Waals surface area contributed by atoms with Gasteiger partial charge in [0.2, 0.25) is 0 Å². The molecule has 0 spiro atoms. The van der Waals surface area contributed by atoms with Crippen LogP contribution in [0.3, 0.4) is 0 Å². The Kier molecular flexibility index (Phi) is 3.20. The summed E-state index contributed by atoms with van der Waals surface area (Å²) in [6.45, 7) is 0.548. The monoisotopic (exact) mass is 338 g/mol. The Morgan fingerprint density at radius 1 is 1.40 bits per heavy atom.